The van der Waals surface area contributed by atoms with Crippen molar-refractivity contribution in [1.29, 1.82) is 0 Å². The molecule has 0 spiro atoms. The number of hydrogen-bond donors (Lipinski definition) is 2. The van der Waals surface area contributed by atoms with E-state index in [-0.39, 0.29) is 17.1 Å². The number of nitrogens with one attached hydrogen (secondary N) is 2. The van der Waals surface area contributed by atoms with E-state index in [0.29, 0.717) is 11.1 Å². The number of alkyl halides is 4. The molecule has 2 aromatic carbocycles. The summed E-state index contributed by atoms with van der Waals surface area (Å²) in [6.45, 7) is 3.61. The van der Waals surface area contributed by atoms with Gasteiger partial charge in [0.15, 0.2) is 15.6 Å². The summed E-state index contributed by atoms with van der Waals surface area (Å²) in [7, 11) is -3.40. The molecule has 38 heavy (non-hydrogen) atoms. The van der Waals surface area contributed by atoms with Gasteiger partial charge in [-0.15, -0.1) is 0 Å². The van der Waals surface area contributed by atoms with Crippen LogP contribution in [0.4, 0.5) is 17.6 Å². The average molecular weight is 559 g/mol. The summed E-state index contributed by atoms with van der Waals surface area (Å²) in [5.74, 6) is -1.36. The van der Waals surface area contributed by atoms with Gasteiger partial charge in [0.05, 0.1) is 17.0 Å². The third-order valence-electron chi connectivity index (χ3n) is 6.16. The average Bonchev–Trinajstić information content (AvgIpc) is 3.12. The highest BCUT2D eigenvalue weighted by Crippen LogP contribution is 2.35. The monoisotopic (exact) mass is 558 g/mol. The van der Waals surface area contributed by atoms with Crippen LogP contribution >= 0.6 is 0 Å². The molecule has 0 bridgehead atoms. The van der Waals surface area contributed by atoms with Crippen LogP contribution in [-0.2, 0) is 24.2 Å². The first-order valence-corrected chi connectivity index (χ1v) is 13.7. The Labute approximate surface area is 218 Å². The zero-order chi connectivity index (χ0) is 28.5. The van der Waals surface area contributed by atoms with Crippen molar-refractivity contribution in [2.45, 2.75) is 68.2 Å². The highest BCUT2D eigenvalue weighted by molar-refractivity contribution is 7.90. The van der Waals surface area contributed by atoms with Gasteiger partial charge in [-0.2, -0.15) is 13.2 Å². The number of ketones is 1. The number of benzene rings is 2. The first-order chi connectivity index (χ1) is 17.5. The van der Waals surface area contributed by atoms with E-state index in [2.05, 4.69) is 10.6 Å². The molecule has 4 atom stereocenters. The number of sulfone groups is 1. The van der Waals surface area contributed by atoms with Crippen LogP contribution < -0.4 is 10.6 Å². The zero-order valence-electron chi connectivity index (χ0n) is 21.3. The number of halogens is 4. The topological polar surface area (TPSA) is 102 Å². The quantitative estimate of drug-likeness (QED) is 0.453. The maximum absolute atomic E-state index is 14.5. The lowest BCUT2D eigenvalue weighted by molar-refractivity contribution is -0.161. The van der Waals surface area contributed by atoms with Crippen molar-refractivity contribution in [3.05, 3.63) is 54.1 Å². The normalized spacial score (nSPS) is 20.3. The molecule has 1 saturated heterocycles. The summed E-state index contributed by atoms with van der Waals surface area (Å²) in [6, 6.07) is 6.29. The van der Waals surface area contributed by atoms with Gasteiger partial charge >= 0.3 is 6.18 Å². The second kappa shape index (κ2) is 11.1. The molecule has 0 aromatic heterocycles. The van der Waals surface area contributed by atoms with E-state index >= 15 is 0 Å². The third-order valence-corrected chi connectivity index (χ3v) is 7.29. The Bertz CT molecular complexity index is 1260. The molecular weight excluding hydrogens is 528 g/mol. The first-order valence-electron chi connectivity index (χ1n) is 11.8. The van der Waals surface area contributed by atoms with Crippen molar-refractivity contribution in [3.8, 4) is 11.1 Å². The van der Waals surface area contributed by atoms with Crippen LogP contribution in [0.15, 0.2) is 53.4 Å². The number of Topliss-reactive ketones (excluding diaryl/α,β-unsaturated/α-hetero) is 1. The van der Waals surface area contributed by atoms with Crippen molar-refractivity contribution in [2.75, 3.05) is 12.9 Å². The van der Waals surface area contributed by atoms with Gasteiger partial charge in [-0.3, -0.25) is 14.9 Å². The van der Waals surface area contributed by atoms with Crippen LogP contribution in [-0.4, -0.2) is 63.0 Å². The molecule has 208 valence electrons. The maximum Gasteiger partial charge on any atom is 0.407 e. The van der Waals surface area contributed by atoms with Gasteiger partial charge in [0.2, 0.25) is 5.91 Å². The molecule has 1 aliphatic heterocycles. The van der Waals surface area contributed by atoms with E-state index in [1.807, 2.05) is 0 Å². The Morgan fingerprint density at radius 2 is 1.55 bits per heavy atom. The van der Waals surface area contributed by atoms with Crippen molar-refractivity contribution < 1.29 is 40.3 Å². The number of hydrogen-bond acceptors (Lipinski definition) is 6. The fourth-order valence-electron chi connectivity index (χ4n) is 4.17. The Morgan fingerprint density at radius 1 is 1.03 bits per heavy atom. The van der Waals surface area contributed by atoms with Gasteiger partial charge < -0.3 is 10.1 Å². The highest BCUT2D eigenvalue weighted by atomic mass is 32.2. The molecule has 0 aliphatic carbocycles. The Kier molecular flexibility index (Phi) is 8.69. The summed E-state index contributed by atoms with van der Waals surface area (Å²) < 4.78 is 85.5. The van der Waals surface area contributed by atoms with Crippen LogP contribution in [0, 0.1) is 0 Å². The number of rotatable bonds is 9. The van der Waals surface area contributed by atoms with E-state index in [1.54, 1.807) is 19.1 Å². The molecule has 1 heterocycles. The van der Waals surface area contributed by atoms with E-state index in [9.17, 15) is 35.6 Å². The van der Waals surface area contributed by atoms with Crippen molar-refractivity contribution in [1.82, 2.24) is 10.6 Å². The van der Waals surface area contributed by atoms with Crippen molar-refractivity contribution in [2.24, 2.45) is 0 Å². The molecule has 7 nitrogen and oxygen atoms in total. The smallest absolute Gasteiger partial charge is 0.368 e. The molecule has 0 saturated carbocycles. The number of carbonyl (C=O) groups is 2. The lowest BCUT2D eigenvalue weighted by atomic mass is 9.96. The van der Waals surface area contributed by atoms with E-state index in [1.165, 1.54) is 36.4 Å². The Hall–Kier alpha value is -2.83. The minimum atomic E-state index is -4.84. The largest absolute Gasteiger partial charge is 0.407 e. The fourth-order valence-corrected chi connectivity index (χ4v) is 4.80. The summed E-state index contributed by atoms with van der Waals surface area (Å²) in [5.41, 5.74) is -1.07. The summed E-state index contributed by atoms with van der Waals surface area (Å²) in [4.78, 5) is 25.1. The van der Waals surface area contributed by atoms with Crippen LogP contribution in [0.1, 0.15) is 38.8 Å². The molecule has 1 unspecified atom stereocenters. The van der Waals surface area contributed by atoms with Gasteiger partial charge in [0, 0.05) is 12.7 Å². The standard InChI is InChI=1S/C26H30F4N2O5S/c1-15-22(21(33)14-37-15)32-24(34)20(13-25(2,3)27)31-23(26(28,29)30)18-7-5-16(6-8-18)17-9-11-19(12-10-17)38(4,35)36/h5-12,15,20,22-23,31H,13-14H2,1-4H3,(H,32,34)/t15-,20?,22+,23+/m1/s1. The molecule has 1 amide bonds. The molecule has 1 fully saturated rings. The second-order valence-electron chi connectivity index (χ2n) is 10.0. The molecule has 3 rings (SSSR count). The second-order valence-corrected chi connectivity index (χ2v) is 12.0. The van der Waals surface area contributed by atoms with Crippen LogP contribution in [0.3, 0.4) is 0 Å². The van der Waals surface area contributed by atoms with E-state index in [4.69, 9.17) is 4.74 Å². The summed E-state index contributed by atoms with van der Waals surface area (Å²) in [6.07, 6.45) is -5.01. The molecule has 0 radical (unpaired) electrons. The van der Waals surface area contributed by atoms with Crippen molar-refractivity contribution >= 4 is 21.5 Å². The molecule has 2 N–H and O–H groups in total. The number of amides is 1. The summed E-state index contributed by atoms with van der Waals surface area (Å²) in [5, 5.41) is 4.66. The van der Waals surface area contributed by atoms with E-state index in [0.717, 1.165) is 20.1 Å². The molecule has 12 heteroatoms. The SMILES string of the molecule is C[C@H]1OCC(=O)[C@H]1NC(=O)C(CC(C)(C)F)N[C@@H](c1ccc(-c2ccc(S(C)(=O)=O)cc2)cc1)C(F)(F)F. The number of ether oxygens (including phenoxy) is 1. The minimum Gasteiger partial charge on any atom is -0.368 e. The first kappa shape index (κ1) is 29.7. The van der Waals surface area contributed by atoms with Gasteiger partial charge in [-0.1, -0.05) is 36.4 Å². The molecule has 2 aromatic rings. The molecule has 1 aliphatic rings. The van der Waals surface area contributed by atoms with Gasteiger partial charge in [-0.05, 0) is 49.6 Å². The highest BCUT2D eigenvalue weighted by Gasteiger charge is 2.44. The Balaban J connectivity index is 1.86. The number of carbonyl (C=O) groups excluding carboxylic acids is 2. The predicted molar refractivity (Wildman–Crippen MR) is 133 cm³/mol. The lowest BCUT2D eigenvalue weighted by Crippen LogP contribution is -2.55. The van der Waals surface area contributed by atoms with Crippen LogP contribution in [0.2, 0.25) is 0 Å². The predicted octanol–water partition coefficient (Wildman–Crippen LogP) is 3.93. The van der Waals surface area contributed by atoms with Gasteiger partial charge in [0.1, 0.15) is 24.4 Å². The minimum absolute atomic E-state index is 0.111. The lowest BCUT2D eigenvalue weighted by Gasteiger charge is -2.30. The summed E-state index contributed by atoms with van der Waals surface area (Å²) >= 11 is 0. The van der Waals surface area contributed by atoms with Gasteiger partial charge in [-0.25, -0.2) is 12.8 Å². The maximum atomic E-state index is 14.5. The van der Waals surface area contributed by atoms with Crippen LogP contribution in [0.5, 0.6) is 0 Å². The fraction of sp³-hybridized carbons (Fsp3) is 0.462. The zero-order valence-corrected chi connectivity index (χ0v) is 22.1. The van der Waals surface area contributed by atoms with Crippen molar-refractivity contribution in [3.63, 3.8) is 0 Å². The van der Waals surface area contributed by atoms with Crippen LogP contribution in [0.25, 0.3) is 11.1 Å². The van der Waals surface area contributed by atoms with Gasteiger partial charge in [0.25, 0.3) is 0 Å². The van der Waals surface area contributed by atoms with E-state index < -0.39 is 64.0 Å². The third kappa shape index (κ3) is 7.61. The Morgan fingerprint density at radius 3 is 1.97 bits per heavy atom. The molecular formula is C26H30F4N2O5S.